The highest BCUT2D eigenvalue weighted by atomic mass is 16.2. The minimum Gasteiger partial charge on any atom is -0.378 e. The Labute approximate surface area is 179 Å². The van der Waals surface area contributed by atoms with E-state index in [2.05, 4.69) is 76.6 Å². The molecular formula is C26H29N3O. The number of carbonyl (C=O) groups excluding carboxylic acids is 1. The lowest BCUT2D eigenvalue weighted by Crippen LogP contribution is -2.38. The van der Waals surface area contributed by atoms with Crippen LogP contribution in [-0.2, 0) is 10.2 Å². The van der Waals surface area contributed by atoms with Crippen LogP contribution in [0.3, 0.4) is 0 Å². The molecule has 0 fully saturated rings. The summed E-state index contributed by atoms with van der Waals surface area (Å²) >= 11 is 0. The summed E-state index contributed by atoms with van der Waals surface area (Å²) in [6.07, 6.45) is 0. The van der Waals surface area contributed by atoms with Gasteiger partial charge in [0.25, 0.3) is 0 Å². The van der Waals surface area contributed by atoms with Gasteiger partial charge in [-0.1, -0.05) is 42.5 Å². The van der Waals surface area contributed by atoms with Crippen LogP contribution in [0, 0.1) is 0 Å². The predicted molar refractivity (Wildman–Crippen MR) is 126 cm³/mol. The Kier molecular flexibility index (Phi) is 5.02. The van der Waals surface area contributed by atoms with E-state index in [0.717, 1.165) is 33.8 Å². The number of anilines is 3. The highest BCUT2D eigenvalue weighted by molar-refractivity contribution is 6.07. The summed E-state index contributed by atoms with van der Waals surface area (Å²) in [6, 6.07) is 25.1. The number of nitrogens with one attached hydrogen (secondary N) is 1. The second-order valence-electron chi connectivity index (χ2n) is 8.61. The van der Waals surface area contributed by atoms with E-state index in [1.54, 1.807) is 0 Å². The zero-order chi connectivity index (χ0) is 21.5. The molecule has 4 heteroatoms. The molecule has 1 aliphatic heterocycles. The number of hydrogen-bond donors (Lipinski definition) is 1. The Morgan fingerprint density at radius 2 is 1.20 bits per heavy atom. The number of para-hydroxylation sites is 1. The minimum absolute atomic E-state index is 0.0436. The minimum atomic E-state index is -0.699. The lowest BCUT2D eigenvalue weighted by Gasteiger charge is -2.34. The van der Waals surface area contributed by atoms with Crippen LogP contribution in [0.15, 0.2) is 72.8 Å². The molecule has 1 N–H and O–H groups in total. The van der Waals surface area contributed by atoms with Crippen molar-refractivity contribution in [2.24, 2.45) is 0 Å². The van der Waals surface area contributed by atoms with Crippen LogP contribution in [-0.4, -0.2) is 34.1 Å². The van der Waals surface area contributed by atoms with Gasteiger partial charge < -0.3 is 15.1 Å². The van der Waals surface area contributed by atoms with Crippen molar-refractivity contribution >= 4 is 23.0 Å². The van der Waals surface area contributed by atoms with Gasteiger partial charge in [-0.2, -0.15) is 0 Å². The quantitative estimate of drug-likeness (QED) is 0.665. The van der Waals surface area contributed by atoms with Crippen molar-refractivity contribution in [3.05, 3.63) is 89.5 Å². The van der Waals surface area contributed by atoms with Gasteiger partial charge in [-0.25, -0.2) is 0 Å². The van der Waals surface area contributed by atoms with Crippen LogP contribution in [0.25, 0.3) is 0 Å². The van der Waals surface area contributed by atoms with Gasteiger partial charge in [0.2, 0.25) is 5.91 Å². The van der Waals surface area contributed by atoms with Gasteiger partial charge in [-0.05, 0) is 53.9 Å². The Balaban J connectivity index is 1.89. The molecule has 0 saturated carbocycles. The van der Waals surface area contributed by atoms with Gasteiger partial charge in [-0.15, -0.1) is 0 Å². The molecule has 1 unspecified atom stereocenters. The molecular weight excluding hydrogens is 370 g/mol. The second kappa shape index (κ2) is 7.52. The van der Waals surface area contributed by atoms with E-state index in [1.165, 1.54) is 0 Å². The van der Waals surface area contributed by atoms with Crippen LogP contribution in [0.1, 0.15) is 29.5 Å². The van der Waals surface area contributed by atoms with E-state index in [0.29, 0.717) is 0 Å². The first-order chi connectivity index (χ1) is 14.3. The fourth-order valence-electron chi connectivity index (χ4n) is 4.49. The summed E-state index contributed by atoms with van der Waals surface area (Å²) in [5.74, 6) is -0.0596. The summed E-state index contributed by atoms with van der Waals surface area (Å²) in [4.78, 5) is 17.5. The van der Waals surface area contributed by atoms with Crippen LogP contribution in [0.4, 0.5) is 17.1 Å². The van der Waals surface area contributed by atoms with Gasteiger partial charge in [0, 0.05) is 51.2 Å². The second-order valence-corrected chi connectivity index (χ2v) is 8.61. The standard InChI is InChI=1S/C26H29N3O/c1-26(22-8-6-7-9-23(22)27-25(26)30)24(18-10-14-20(15-11-18)28(2)3)19-12-16-21(17-13-19)29(4)5/h6-17,24H,1-5H3,(H,27,30). The van der Waals surface area contributed by atoms with Gasteiger partial charge >= 0.3 is 0 Å². The Hall–Kier alpha value is -3.27. The highest BCUT2D eigenvalue weighted by Crippen LogP contribution is 2.50. The summed E-state index contributed by atoms with van der Waals surface area (Å²) in [5, 5.41) is 3.11. The monoisotopic (exact) mass is 399 g/mol. The topological polar surface area (TPSA) is 35.6 Å². The highest BCUT2D eigenvalue weighted by Gasteiger charge is 2.49. The zero-order valence-corrected chi connectivity index (χ0v) is 18.3. The van der Waals surface area contributed by atoms with Gasteiger partial charge in [0.05, 0.1) is 5.41 Å². The summed E-state index contributed by atoms with van der Waals surface area (Å²) in [7, 11) is 8.14. The van der Waals surface area contributed by atoms with Gasteiger partial charge in [0.1, 0.15) is 0 Å². The van der Waals surface area contributed by atoms with E-state index in [4.69, 9.17) is 0 Å². The van der Waals surface area contributed by atoms with Crippen molar-refractivity contribution in [1.82, 2.24) is 0 Å². The molecule has 4 rings (SSSR count). The van der Waals surface area contributed by atoms with Crippen LogP contribution in [0.2, 0.25) is 0 Å². The van der Waals surface area contributed by atoms with Crippen LogP contribution >= 0.6 is 0 Å². The normalized spacial score (nSPS) is 17.6. The van der Waals surface area contributed by atoms with Crippen molar-refractivity contribution in [3.8, 4) is 0 Å². The van der Waals surface area contributed by atoms with E-state index >= 15 is 0 Å². The van der Waals surface area contributed by atoms with E-state index in [1.807, 2.05) is 46.4 Å². The molecule has 1 atom stereocenters. The van der Waals surface area contributed by atoms with Crippen molar-refractivity contribution in [2.45, 2.75) is 18.3 Å². The van der Waals surface area contributed by atoms with Crippen molar-refractivity contribution < 1.29 is 4.79 Å². The number of hydrogen-bond acceptors (Lipinski definition) is 3. The molecule has 3 aromatic carbocycles. The third-order valence-electron chi connectivity index (χ3n) is 6.27. The molecule has 154 valence electrons. The smallest absolute Gasteiger partial charge is 0.235 e. The zero-order valence-electron chi connectivity index (χ0n) is 18.3. The van der Waals surface area contributed by atoms with Crippen LogP contribution in [0.5, 0.6) is 0 Å². The Morgan fingerprint density at radius 3 is 1.67 bits per heavy atom. The van der Waals surface area contributed by atoms with E-state index in [9.17, 15) is 4.79 Å². The molecule has 1 heterocycles. The van der Waals surface area contributed by atoms with Crippen molar-refractivity contribution in [3.63, 3.8) is 0 Å². The lowest BCUT2D eigenvalue weighted by atomic mass is 9.66. The fourth-order valence-corrected chi connectivity index (χ4v) is 4.49. The number of benzene rings is 3. The number of amides is 1. The van der Waals surface area contributed by atoms with Crippen LogP contribution < -0.4 is 15.1 Å². The first kappa shape index (κ1) is 20.0. The molecule has 1 aliphatic rings. The third kappa shape index (κ3) is 3.22. The fraction of sp³-hybridized carbons (Fsp3) is 0.269. The van der Waals surface area contributed by atoms with Crippen molar-refractivity contribution in [1.29, 1.82) is 0 Å². The number of rotatable bonds is 5. The summed E-state index contributed by atoms with van der Waals surface area (Å²) < 4.78 is 0. The number of nitrogens with zero attached hydrogens (tertiary/aromatic N) is 2. The van der Waals surface area contributed by atoms with Crippen molar-refractivity contribution in [2.75, 3.05) is 43.3 Å². The molecule has 0 radical (unpaired) electrons. The molecule has 3 aromatic rings. The maximum absolute atomic E-state index is 13.4. The van der Waals surface area contributed by atoms with Gasteiger partial charge in [-0.3, -0.25) is 4.79 Å². The molecule has 1 amide bonds. The number of fused-ring (bicyclic) bond motifs is 1. The molecule has 0 aliphatic carbocycles. The average molecular weight is 400 g/mol. The molecule has 0 saturated heterocycles. The SMILES string of the molecule is CN(C)c1ccc(C(c2ccc(N(C)C)cc2)C2(C)C(=O)Nc3ccccc32)cc1. The number of carbonyl (C=O) groups is 1. The lowest BCUT2D eigenvalue weighted by molar-refractivity contribution is -0.120. The molecule has 0 aromatic heterocycles. The largest absolute Gasteiger partial charge is 0.378 e. The summed E-state index contributed by atoms with van der Waals surface area (Å²) in [6.45, 7) is 2.07. The summed E-state index contributed by atoms with van der Waals surface area (Å²) in [5.41, 5.74) is 5.80. The maximum atomic E-state index is 13.4. The Bertz CT molecular complexity index is 1000. The van der Waals surface area contributed by atoms with E-state index < -0.39 is 5.41 Å². The van der Waals surface area contributed by atoms with E-state index in [-0.39, 0.29) is 11.8 Å². The first-order valence-electron chi connectivity index (χ1n) is 10.3. The average Bonchev–Trinajstić information content (AvgIpc) is 3.00. The molecule has 4 nitrogen and oxygen atoms in total. The Morgan fingerprint density at radius 1 is 0.733 bits per heavy atom. The first-order valence-corrected chi connectivity index (χ1v) is 10.3. The third-order valence-corrected chi connectivity index (χ3v) is 6.27. The predicted octanol–water partition coefficient (Wildman–Crippen LogP) is 4.86. The van der Waals surface area contributed by atoms with Gasteiger partial charge in [0.15, 0.2) is 0 Å². The maximum Gasteiger partial charge on any atom is 0.235 e. The molecule has 30 heavy (non-hydrogen) atoms. The molecule has 0 bridgehead atoms. The molecule has 0 spiro atoms.